The van der Waals surface area contributed by atoms with E-state index >= 15 is 0 Å². The van der Waals surface area contributed by atoms with Gasteiger partial charge in [-0.25, -0.2) is 0 Å². The molecule has 0 radical (unpaired) electrons. The topological polar surface area (TPSA) is 23.5 Å². The van der Waals surface area contributed by atoms with E-state index in [-0.39, 0.29) is 33.2 Å². The molecule has 0 unspecified atom stereocenters. The van der Waals surface area contributed by atoms with Crippen LogP contribution >= 0.6 is 58.2 Å². The average Bonchev–Trinajstić information content (AvgIpc) is 2.20. The number of benzene rings is 1. The second-order valence-corrected chi connectivity index (χ2v) is 4.58. The van der Waals surface area contributed by atoms with Crippen molar-refractivity contribution in [2.75, 3.05) is 17.6 Å². The van der Waals surface area contributed by atoms with Crippen LogP contribution in [0.4, 0.5) is 5.69 Å². The molecule has 2 nitrogen and oxygen atoms in total. The highest BCUT2D eigenvalue weighted by Gasteiger charge is 2.16. The van der Waals surface area contributed by atoms with Crippen LogP contribution in [-0.4, -0.2) is 18.3 Å². The lowest BCUT2D eigenvalue weighted by Gasteiger charge is -2.17. The van der Waals surface area contributed by atoms with Gasteiger partial charge >= 0.3 is 0 Å². The normalized spacial score (nSPS) is 10.5. The van der Waals surface area contributed by atoms with Crippen LogP contribution in [0, 0.1) is 0 Å². The first-order chi connectivity index (χ1) is 6.99. The first-order valence-corrected chi connectivity index (χ1v) is 5.71. The summed E-state index contributed by atoms with van der Waals surface area (Å²) < 4.78 is 1.22. The van der Waals surface area contributed by atoms with Gasteiger partial charge < -0.3 is 5.11 Å². The molecular formula is C8H6Cl5NO. The lowest BCUT2D eigenvalue weighted by molar-refractivity contribution is 0.307. The SMILES string of the molecule is OCCN(Cl)c1cc(Cl)c(Cl)c(Cl)c1Cl. The zero-order chi connectivity index (χ0) is 11.6. The number of anilines is 1. The average molecular weight is 309 g/mol. The third kappa shape index (κ3) is 2.96. The minimum atomic E-state index is -0.113. The Kier molecular flexibility index (Phi) is 5.10. The van der Waals surface area contributed by atoms with Gasteiger partial charge in [0, 0.05) is 11.8 Å². The molecule has 0 aliphatic carbocycles. The van der Waals surface area contributed by atoms with E-state index in [4.69, 9.17) is 63.3 Å². The van der Waals surface area contributed by atoms with Crippen molar-refractivity contribution in [1.82, 2.24) is 0 Å². The summed E-state index contributed by atoms with van der Waals surface area (Å²) in [4.78, 5) is 0. The number of aliphatic hydroxyl groups excluding tert-OH is 1. The van der Waals surface area contributed by atoms with Crippen LogP contribution in [0.15, 0.2) is 6.07 Å². The molecule has 84 valence electrons. The van der Waals surface area contributed by atoms with Crippen molar-refractivity contribution < 1.29 is 5.11 Å². The number of hydrogen-bond acceptors (Lipinski definition) is 2. The summed E-state index contributed by atoms with van der Waals surface area (Å²) in [6.45, 7) is 0.0905. The molecule has 0 amide bonds. The fourth-order valence-corrected chi connectivity index (χ4v) is 2.09. The summed E-state index contributed by atoms with van der Waals surface area (Å²) in [5, 5.41) is 9.50. The number of hydrogen-bond donors (Lipinski definition) is 1. The standard InChI is InChI=1S/C8H6Cl5NO/c9-4-3-5(14(13)1-2-15)7(11)8(12)6(4)10/h3,15H,1-2H2. The van der Waals surface area contributed by atoms with E-state index in [9.17, 15) is 0 Å². The maximum atomic E-state index is 8.72. The van der Waals surface area contributed by atoms with Gasteiger partial charge in [0.1, 0.15) is 0 Å². The Hall–Kier alpha value is 0.430. The molecule has 1 aromatic carbocycles. The van der Waals surface area contributed by atoms with Crippen LogP contribution in [0.1, 0.15) is 0 Å². The molecule has 0 heterocycles. The molecule has 0 atom stereocenters. The Labute approximate surface area is 112 Å². The van der Waals surface area contributed by atoms with E-state index in [1.165, 1.54) is 10.5 Å². The second kappa shape index (κ2) is 5.67. The number of aliphatic hydroxyl groups is 1. The van der Waals surface area contributed by atoms with Gasteiger partial charge in [-0.05, 0) is 6.07 Å². The molecule has 0 saturated heterocycles. The van der Waals surface area contributed by atoms with Gasteiger partial charge in [0.2, 0.25) is 0 Å². The molecule has 0 aliphatic heterocycles. The Bertz CT molecular complexity index is 371. The molecule has 0 aliphatic rings. The van der Waals surface area contributed by atoms with E-state index in [1.54, 1.807) is 0 Å². The summed E-state index contributed by atoms with van der Waals surface area (Å²) >= 11 is 29.2. The van der Waals surface area contributed by atoms with E-state index < -0.39 is 0 Å². The molecule has 0 aromatic heterocycles. The predicted octanol–water partition coefficient (Wildman–Crippen LogP) is 4.25. The van der Waals surface area contributed by atoms with E-state index in [1.807, 2.05) is 0 Å². The van der Waals surface area contributed by atoms with Crippen molar-refractivity contribution in [2.24, 2.45) is 0 Å². The molecule has 7 heteroatoms. The minimum absolute atomic E-state index is 0.113. The third-order valence-electron chi connectivity index (χ3n) is 1.64. The maximum Gasteiger partial charge on any atom is 0.0854 e. The van der Waals surface area contributed by atoms with Crippen LogP contribution in [0.25, 0.3) is 0 Å². The smallest absolute Gasteiger partial charge is 0.0854 e. The zero-order valence-corrected chi connectivity index (χ0v) is 11.1. The first kappa shape index (κ1) is 13.5. The highest BCUT2D eigenvalue weighted by molar-refractivity contribution is 6.53. The van der Waals surface area contributed by atoms with Crippen LogP contribution < -0.4 is 4.42 Å². The van der Waals surface area contributed by atoms with Gasteiger partial charge in [-0.15, -0.1) is 0 Å². The van der Waals surface area contributed by atoms with E-state index in [0.717, 1.165) is 0 Å². The van der Waals surface area contributed by atoms with Crippen LogP contribution in [0.2, 0.25) is 20.1 Å². The van der Waals surface area contributed by atoms with Gasteiger partial charge in [0.05, 0.1) is 38.9 Å². The fraction of sp³-hybridized carbons (Fsp3) is 0.250. The van der Waals surface area contributed by atoms with Gasteiger partial charge in [-0.3, -0.25) is 4.42 Å². The van der Waals surface area contributed by atoms with Crippen molar-refractivity contribution in [3.63, 3.8) is 0 Å². The monoisotopic (exact) mass is 307 g/mol. The quantitative estimate of drug-likeness (QED) is 0.512. The second-order valence-electron chi connectivity index (χ2n) is 2.63. The molecule has 1 rings (SSSR count). The van der Waals surface area contributed by atoms with Gasteiger partial charge in [0.25, 0.3) is 0 Å². The molecule has 1 aromatic rings. The lowest BCUT2D eigenvalue weighted by Crippen LogP contribution is -2.15. The summed E-state index contributed by atoms with van der Waals surface area (Å²) in [5.41, 5.74) is 0.409. The van der Waals surface area contributed by atoms with Crippen molar-refractivity contribution in [3.05, 3.63) is 26.2 Å². The summed E-state index contributed by atoms with van der Waals surface area (Å²) in [6.07, 6.45) is 0. The van der Waals surface area contributed by atoms with Crippen molar-refractivity contribution in [1.29, 1.82) is 0 Å². The van der Waals surface area contributed by atoms with Gasteiger partial charge in [-0.1, -0.05) is 46.4 Å². The molecular weight excluding hydrogens is 303 g/mol. The molecule has 0 bridgehead atoms. The summed E-state index contributed by atoms with van der Waals surface area (Å²) in [7, 11) is 0. The molecule has 0 spiro atoms. The van der Waals surface area contributed by atoms with Crippen molar-refractivity contribution in [3.8, 4) is 0 Å². The number of halogens is 5. The molecule has 1 N–H and O–H groups in total. The minimum Gasteiger partial charge on any atom is -0.394 e. The molecule has 0 saturated carbocycles. The van der Waals surface area contributed by atoms with Crippen LogP contribution in [0.3, 0.4) is 0 Å². The maximum absolute atomic E-state index is 8.72. The summed E-state index contributed by atoms with van der Waals surface area (Å²) in [6, 6.07) is 1.49. The van der Waals surface area contributed by atoms with E-state index in [2.05, 4.69) is 0 Å². The van der Waals surface area contributed by atoms with Crippen molar-refractivity contribution >= 4 is 63.9 Å². The Morgan fingerprint density at radius 3 is 2.20 bits per heavy atom. The highest BCUT2D eigenvalue weighted by Crippen LogP contribution is 2.42. The number of nitrogens with zero attached hydrogens (tertiary/aromatic N) is 1. The summed E-state index contributed by atoms with van der Waals surface area (Å²) in [5.74, 6) is 0. The van der Waals surface area contributed by atoms with Crippen molar-refractivity contribution in [2.45, 2.75) is 0 Å². The Balaban J connectivity index is 3.19. The number of rotatable bonds is 3. The predicted molar refractivity (Wildman–Crippen MR) is 66.8 cm³/mol. The zero-order valence-electron chi connectivity index (χ0n) is 7.28. The fourth-order valence-electron chi connectivity index (χ4n) is 0.945. The third-order valence-corrected chi connectivity index (χ3v) is 3.73. The Morgan fingerprint density at radius 2 is 1.67 bits per heavy atom. The van der Waals surface area contributed by atoms with E-state index in [0.29, 0.717) is 5.69 Å². The highest BCUT2D eigenvalue weighted by atomic mass is 35.5. The van der Waals surface area contributed by atoms with Crippen LogP contribution in [-0.2, 0) is 0 Å². The Morgan fingerprint density at radius 1 is 1.07 bits per heavy atom. The molecule has 0 fully saturated rings. The van der Waals surface area contributed by atoms with Gasteiger partial charge in [-0.2, -0.15) is 0 Å². The van der Waals surface area contributed by atoms with Crippen LogP contribution in [0.5, 0.6) is 0 Å². The molecule has 15 heavy (non-hydrogen) atoms. The van der Waals surface area contributed by atoms with Gasteiger partial charge in [0.15, 0.2) is 0 Å². The largest absolute Gasteiger partial charge is 0.394 e. The first-order valence-electron chi connectivity index (χ1n) is 3.86. The lowest BCUT2D eigenvalue weighted by atomic mass is 10.3.